The Morgan fingerprint density at radius 3 is 2.87 bits per heavy atom. The largest absolute Gasteiger partial charge is 0.464 e. The number of nitrogens with two attached hydrogens (primary N) is 1. The summed E-state index contributed by atoms with van der Waals surface area (Å²) >= 11 is 0. The van der Waals surface area contributed by atoms with Gasteiger partial charge in [0.05, 0.1) is 18.1 Å². The number of ether oxygens (including phenoxy) is 2. The first-order chi connectivity index (χ1) is 7.18. The van der Waals surface area contributed by atoms with Gasteiger partial charge < -0.3 is 15.2 Å². The first-order valence-electron chi connectivity index (χ1n) is 4.17. The minimum absolute atomic E-state index is 0.110. The van der Waals surface area contributed by atoms with Gasteiger partial charge in [0, 0.05) is 0 Å². The van der Waals surface area contributed by atoms with Crippen molar-refractivity contribution in [2.75, 3.05) is 18.9 Å². The van der Waals surface area contributed by atoms with E-state index in [1.54, 1.807) is 0 Å². The number of hydrogen-bond acceptors (Lipinski definition) is 7. The number of anilines is 1. The molecular weight excluding hydrogens is 204 g/mol. The van der Waals surface area contributed by atoms with Gasteiger partial charge in [-0.25, -0.2) is 4.98 Å². The summed E-state index contributed by atoms with van der Waals surface area (Å²) in [5.41, 5.74) is 4.95. The Kier molecular flexibility index (Phi) is 2.34. The fraction of sp³-hybridized carbons (Fsp3) is 0.429. The molecule has 8 nitrogen and oxygen atoms in total. The highest BCUT2D eigenvalue weighted by molar-refractivity contribution is 5.57. The molecule has 1 aromatic rings. The van der Waals surface area contributed by atoms with Crippen LogP contribution >= 0.6 is 0 Å². The number of nitrogen functional groups attached to an aromatic ring is 1. The second kappa shape index (κ2) is 3.65. The maximum absolute atomic E-state index is 10.7. The van der Waals surface area contributed by atoms with Crippen molar-refractivity contribution in [3.8, 4) is 5.88 Å². The van der Waals surface area contributed by atoms with Crippen molar-refractivity contribution in [3.05, 3.63) is 16.4 Å². The van der Waals surface area contributed by atoms with Crippen molar-refractivity contribution in [3.63, 3.8) is 0 Å². The highest BCUT2D eigenvalue weighted by Crippen LogP contribution is 2.29. The van der Waals surface area contributed by atoms with Crippen molar-refractivity contribution >= 4 is 11.5 Å². The van der Waals surface area contributed by atoms with Crippen molar-refractivity contribution in [2.24, 2.45) is 0 Å². The Hall–Kier alpha value is -1.96. The third-order valence-electron chi connectivity index (χ3n) is 1.89. The molecule has 8 heteroatoms. The molecule has 0 atom stereocenters. The van der Waals surface area contributed by atoms with E-state index < -0.39 is 10.6 Å². The van der Waals surface area contributed by atoms with Gasteiger partial charge in [0.25, 0.3) is 5.88 Å². The molecule has 1 saturated heterocycles. The predicted octanol–water partition coefficient (Wildman–Crippen LogP) is -0.255. The van der Waals surface area contributed by atoms with E-state index in [-0.39, 0.29) is 17.8 Å². The lowest BCUT2D eigenvalue weighted by Gasteiger charge is -2.25. The molecule has 1 aliphatic rings. The minimum Gasteiger partial charge on any atom is -0.464 e. The van der Waals surface area contributed by atoms with Crippen LogP contribution in [0.25, 0.3) is 0 Å². The highest BCUT2D eigenvalue weighted by Gasteiger charge is 2.28. The van der Waals surface area contributed by atoms with Gasteiger partial charge in [-0.2, -0.15) is 4.98 Å². The Morgan fingerprint density at radius 2 is 2.33 bits per heavy atom. The summed E-state index contributed by atoms with van der Waals surface area (Å²) in [7, 11) is 0. The van der Waals surface area contributed by atoms with Crippen LogP contribution in [0.2, 0.25) is 0 Å². The second-order valence-electron chi connectivity index (χ2n) is 2.95. The smallest absolute Gasteiger partial charge is 0.372 e. The van der Waals surface area contributed by atoms with E-state index in [9.17, 15) is 10.1 Å². The highest BCUT2D eigenvalue weighted by atomic mass is 16.6. The summed E-state index contributed by atoms with van der Waals surface area (Å²) < 4.78 is 10.1. The molecule has 0 radical (unpaired) electrons. The van der Waals surface area contributed by atoms with Gasteiger partial charge in [-0.15, -0.1) is 0 Å². The van der Waals surface area contributed by atoms with Gasteiger partial charge >= 0.3 is 5.69 Å². The summed E-state index contributed by atoms with van der Waals surface area (Å²) in [6.07, 6.45) is 0.926. The van der Waals surface area contributed by atoms with Gasteiger partial charge in [0.1, 0.15) is 12.4 Å². The summed E-state index contributed by atoms with van der Waals surface area (Å²) in [6, 6.07) is 0. The molecule has 1 fully saturated rings. The normalized spacial score (nSPS) is 15.7. The average molecular weight is 212 g/mol. The maximum Gasteiger partial charge on any atom is 0.372 e. The van der Waals surface area contributed by atoms with E-state index in [0.717, 1.165) is 6.33 Å². The van der Waals surface area contributed by atoms with Crippen LogP contribution in [0.4, 0.5) is 11.5 Å². The van der Waals surface area contributed by atoms with Crippen molar-refractivity contribution in [1.82, 2.24) is 9.97 Å². The standard InChI is InChI=1S/C7H8N4O4/c8-6-5(11(12)13)7(10-3-9-6)15-4-1-14-2-4/h3-4H,1-2H2,(H2,8,9,10). The van der Waals surface area contributed by atoms with E-state index in [0.29, 0.717) is 13.2 Å². The summed E-state index contributed by atoms with van der Waals surface area (Å²) in [5.74, 6) is -0.314. The van der Waals surface area contributed by atoms with E-state index in [2.05, 4.69) is 9.97 Å². The molecule has 0 amide bonds. The number of aromatic nitrogens is 2. The number of nitrogens with zero attached hydrogens (tertiary/aromatic N) is 3. The third-order valence-corrected chi connectivity index (χ3v) is 1.89. The van der Waals surface area contributed by atoms with Crippen LogP contribution in [0.5, 0.6) is 5.88 Å². The molecule has 0 bridgehead atoms. The molecule has 0 aliphatic carbocycles. The molecule has 0 spiro atoms. The first-order valence-corrected chi connectivity index (χ1v) is 4.17. The van der Waals surface area contributed by atoms with Crippen LogP contribution < -0.4 is 10.5 Å². The Bertz CT molecular complexity index is 393. The molecule has 2 rings (SSSR count). The van der Waals surface area contributed by atoms with Crippen LogP contribution in [0.15, 0.2) is 6.33 Å². The Labute approximate surface area is 84.2 Å². The van der Waals surface area contributed by atoms with E-state index >= 15 is 0 Å². The minimum atomic E-state index is -0.663. The number of rotatable bonds is 3. The lowest BCUT2D eigenvalue weighted by molar-refractivity contribution is -0.385. The zero-order chi connectivity index (χ0) is 10.8. The molecule has 0 aromatic carbocycles. The van der Waals surface area contributed by atoms with Crippen LogP contribution in [-0.4, -0.2) is 34.2 Å². The maximum atomic E-state index is 10.7. The number of hydrogen-bond donors (Lipinski definition) is 1. The fourth-order valence-electron chi connectivity index (χ4n) is 1.07. The predicted molar refractivity (Wildman–Crippen MR) is 48.3 cm³/mol. The second-order valence-corrected chi connectivity index (χ2v) is 2.95. The summed E-state index contributed by atoms with van der Waals surface area (Å²) in [4.78, 5) is 17.2. The quantitative estimate of drug-likeness (QED) is 0.542. The average Bonchev–Trinajstić information content (AvgIpc) is 2.10. The lowest BCUT2D eigenvalue weighted by Crippen LogP contribution is -2.39. The van der Waals surface area contributed by atoms with Crippen LogP contribution in [0, 0.1) is 10.1 Å². The van der Waals surface area contributed by atoms with Gasteiger partial charge in [0.15, 0.2) is 0 Å². The molecular formula is C7H8N4O4. The van der Waals surface area contributed by atoms with E-state index in [1.807, 2.05) is 0 Å². The topological polar surface area (TPSA) is 113 Å². The molecule has 0 unspecified atom stereocenters. The van der Waals surface area contributed by atoms with E-state index in [1.165, 1.54) is 0 Å². The van der Waals surface area contributed by atoms with Crippen molar-refractivity contribution < 1.29 is 14.4 Å². The van der Waals surface area contributed by atoms with Crippen LogP contribution in [0.3, 0.4) is 0 Å². The molecule has 80 valence electrons. The molecule has 0 saturated carbocycles. The van der Waals surface area contributed by atoms with Crippen LogP contribution in [0.1, 0.15) is 0 Å². The molecule has 15 heavy (non-hydrogen) atoms. The van der Waals surface area contributed by atoms with Gasteiger partial charge in [-0.05, 0) is 0 Å². The van der Waals surface area contributed by atoms with Crippen LogP contribution in [-0.2, 0) is 4.74 Å². The monoisotopic (exact) mass is 212 g/mol. The summed E-state index contributed by atoms with van der Waals surface area (Å²) in [6.45, 7) is 0.808. The molecule has 1 aliphatic heterocycles. The zero-order valence-corrected chi connectivity index (χ0v) is 7.62. The van der Waals surface area contributed by atoms with Gasteiger partial charge in [-0.1, -0.05) is 0 Å². The van der Waals surface area contributed by atoms with Crippen molar-refractivity contribution in [2.45, 2.75) is 6.10 Å². The lowest BCUT2D eigenvalue weighted by atomic mass is 10.3. The Balaban J connectivity index is 2.27. The van der Waals surface area contributed by atoms with Crippen molar-refractivity contribution in [1.29, 1.82) is 0 Å². The van der Waals surface area contributed by atoms with Gasteiger partial charge in [-0.3, -0.25) is 10.1 Å². The number of nitro groups is 1. The van der Waals surface area contributed by atoms with Gasteiger partial charge in [0.2, 0.25) is 5.82 Å². The summed E-state index contributed by atoms with van der Waals surface area (Å²) in [5, 5.41) is 10.7. The SMILES string of the molecule is Nc1ncnc(OC2COC2)c1[N+](=O)[O-]. The Morgan fingerprint density at radius 1 is 1.60 bits per heavy atom. The molecule has 1 aromatic heterocycles. The molecule has 2 N–H and O–H groups in total. The fourth-order valence-corrected chi connectivity index (χ4v) is 1.07. The molecule has 2 heterocycles. The zero-order valence-electron chi connectivity index (χ0n) is 7.62. The first kappa shape index (κ1) is 9.59. The third kappa shape index (κ3) is 1.79. The van der Waals surface area contributed by atoms with E-state index in [4.69, 9.17) is 15.2 Å².